The number of carbonyl (C=O) groups excluding carboxylic acids is 2. The Morgan fingerprint density at radius 3 is 2.39 bits per heavy atom. The molecule has 0 aliphatic heterocycles. The van der Waals surface area contributed by atoms with Gasteiger partial charge in [0.25, 0.3) is 0 Å². The SMILES string of the molecule is NCCCCNC(CC(=O)OCS)C(=O)OCS. The van der Waals surface area contributed by atoms with Crippen LogP contribution in [0.3, 0.4) is 0 Å². The molecule has 0 fully saturated rings. The van der Waals surface area contributed by atoms with E-state index < -0.39 is 18.0 Å². The predicted molar refractivity (Wildman–Crippen MR) is 74.6 cm³/mol. The third-order valence-electron chi connectivity index (χ3n) is 2.11. The van der Waals surface area contributed by atoms with Crippen LogP contribution in [-0.4, -0.2) is 42.9 Å². The Morgan fingerprint density at radius 2 is 1.83 bits per heavy atom. The molecule has 0 saturated carbocycles. The Bertz CT molecular complexity index is 254. The smallest absolute Gasteiger partial charge is 0.324 e. The maximum Gasteiger partial charge on any atom is 0.324 e. The van der Waals surface area contributed by atoms with E-state index in [0.29, 0.717) is 13.1 Å². The first-order valence-electron chi connectivity index (χ1n) is 5.63. The van der Waals surface area contributed by atoms with Crippen LogP contribution in [-0.2, 0) is 19.1 Å². The highest BCUT2D eigenvalue weighted by atomic mass is 32.1. The van der Waals surface area contributed by atoms with E-state index in [2.05, 4.69) is 35.3 Å². The second kappa shape index (κ2) is 11.6. The average Bonchev–Trinajstić information content (AvgIpc) is 2.33. The summed E-state index contributed by atoms with van der Waals surface area (Å²) in [6, 6.07) is -0.720. The molecule has 1 atom stereocenters. The molecule has 106 valence electrons. The topological polar surface area (TPSA) is 90.6 Å². The van der Waals surface area contributed by atoms with Crippen LogP contribution in [0.5, 0.6) is 0 Å². The highest BCUT2D eigenvalue weighted by molar-refractivity contribution is 7.80. The number of rotatable bonds is 10. The lowest BCUT2D eigenvalue weighted by molar-refractivity contribution is -0.150. The summed E-state index contributed by atoms with van der Waals surface area (Å²) in [5.74, 6) is -1.06. The van der Waals surface area contributed by atoms with Crippen LogP contribution in [0.25, 0.3) is 0 Å². The number of nitrogens with one attached hydrogen (secondary N) is 1. The summed E-state index contributed by atoms with van der Waals surface area (Å²) in [5, 5.41) is 2.94. The second-order valence-electron chi connectivity index (χ2n) is 3.44. The molecular formula is C10H20N2O4S2. The molecule has 0 bridgehead atoms. The molecule has 0 rings (SSSR count). The molecular weight excluding hydrogens is 276 g/mol. The molecule has 0 amide bonds. The summed E-state index contributed by atoms with van der Waals surface area (Å²) >= 11 is 7.56. The molecule has 0 aromatic rings. The normalized spacial score (nSPS) is 11.9. The Balaban J connectivity index is 4.15. The molecule has 0 radical (unpaired) electrons. The summed E-state index contributed by atoms with van der Waals surface area (Å²) in [6.07, 6.45) is 1.58. The molecule has 0 heterocycles. The van der Waals surface area contributed by atoms with Gasteiger partial charge < -0.3 is 20.5 Å². The second-order valence-corrected chi connectivity index (χ2v) is 3.96. The van der Waals surface area contributed by atoms with Crippen molar-refractivity contribution in [2.75, 3.05) is 25.0 Å². The van der Waals surface area contributed by atoms with E-state index >= 15 is 0 Å². The largest absolute Gasteiger partial charge is 0.455 e. The van der Waals surface area contributed by atoms with Crippen molar-refractivity contribution in [3.63, 3.8) is 0 Å². The van der Waals surface area contributed by atoms with Crippen LogP contribution in [0, 0.1) is 0 Å². The zero-order chi connectivity index (χ0) is 13.8. The zero-order valence-corrected chi connectivity index (χ0v) is 11.9. The van der Waals surface area contributed by atoms with Gasteiger partial charge in [0.15, 0.2) is 0 Å². The Morgan fingerprint density at radius 1 is 1.17 bits per heavy atom. The average molecular weight is 296 g/mol. The minimum atomic E-state index is -0.720. The van der Waals surface area contributed by atoms with Crippen molar-refractivity contribution in [1.82, 2.24) is 5.32 Å². The van der Waals surface area contributed by atoms with Gasteiger partial charge in [-0.1, -0.05) is 0 Å². The van der Waals surface area contributed by atoms with E-state index in [1.807, 2.05) is 0 Å². The molecule has 0 aliphatic rings. The first kappa shape index (κ1) is 17.6. The highest BCUT2D eigenvalue weighted by Gasteiger charge is 2.23. The third kappa shape index (κ3) is 8.62. The summed E-state index contributed by atoms with van der Waals surface area (Å²) in [5.41, 5.74) is 5.36. The maximum atomic E-state index is 11.6. The molecule has 0 spiro atoms. The first-order valence-corrected chi connectivity index (χ1v) is 6.89. The minimum Gasteiger partial charge on any atom is -0.455 e. The lowest BCUT2D eigenvalue weighted by atomic mass is 10.2. The van der Waals surface area contributed by atoms with E-state index in [-0.39, 0.29) is 18.3 Å². The number of unbranched alkanes of at least 4 members (excludes halogenated alkanes) is 1. The van der Waals surface area contributed by atoms with Gasteiger partial charge in [0.2, 0.25) is 0 Å². The van der Waals surface area contributed by atoms with E-state index in [1.54, 1.807) is 0 Å². The van der Waals surface area contributed by atoms with Crippen LogP contribution < -0.4 is 11.1 Å². The van der Waals surface area contributed by atoms with Gasteiger partial charge in [0, 0.05) is 0 Å². The fourth-order valence-corrected chi connectivity index (χ4v) is 1.52. The number of hydrogen-bond acceptors (Lipinski definition) is 8. The van der Waals surface area contributed by atoms with Gasteiger partial charge in [-0.2, -0.15) is 0 Å². The fourth-order valence-electron chi connectivity index (χ4n) is 1.25. The van der Waals surface area contributed by atoms with Crippen LogP contribution in [0.15, 0.2) is 0 Å². The molecule has 0 aromatic heterocycles. The van der Waals surface area contributed by atoms with Gasteiger partial charge in [-0.15, -0.1) is 25.3 Å². The molecule has 0 aliphatic carbocycles. The summed E-state index contributed by atoms with van der Waals surface area (Å²) in [6.45, 7) is 1.17. The van der Waals surface area contributed by atoms with Crippen molar-refractivity contribution in [3.05, 3.63) is 0 Å². The number of thiol groups is 2. The third-order valence-corrected chi connectivity index (χ3v) is 2.37. The van der Waals surface area contributed by atoms with E-state index in [1.165, 1.54) is 0 Å². The van der Waals surface area contributed by atoms with Crippen molar-refractivity contribution in [3.8, 4) is 0 Å². The minimum absolute atomic E-state index is 0.0135. The van der Waals surface area contributed by atoms with Crippen molar-refractivity contribution in [2.24, 2.45) is 5.73 Å². The van der Waals surface area contributed by atoms with E-state index in [0.717, 1.165) is 12.8 Å². The molecule has 6 nitrogen and oxygen atoms in total. The molecule has 18 heavy (non-hydrogen) atoms. The van der Waals surface area contributed by atoms with E-state index in [9.17, 15) is 9.59 Å². The van der Waals surface area contributed by atoms with Crippen LogP contribution in [0.1, 0.15) is 19.3 Å². The fraction of sp³-hybridized carbons (Fsp3) is 0.800. The van der Waals surface area contributed by atoms with E-state index in [4.69, 9.17) is 10.5 Å². The first-order chi connectivity index (χ1) is 8.65. The molecule has 8 heteroatoms. The van der Waals surface area contributed by atoms with Gasteiger partial charge in [-0.25, -0.2) is 0 Å². The molecule has 0 saturated heterocycles. The summed E-state index contributed by atoms with van der Waals surface area (Å²) in [7, 11) is 0. The quantitative estimate of drug-likeness (QED) is 0.195. The van der Waals surface area contributed by atoms with Gasteiger partial charge in [-0.3, -0.25) is 9.59 Å². The van der Waals surface area contributed by atoms with Gasteiger partial charge >= 0.3 is 11.9 Å². The van der Waals surface area contributed by atoms with Gasteiger partial charge in [-0.05, 0) is 25.9 Å². The number of hydrogen-bond donors (Lipinski definition) is 4. The summed E-state index contributed by atoms with van der Waals surface area (Å²) < 4.78 is 9.42. The van der Waals surface area contributed by atoms with Crippen molar-refractivity contribution in [1.29, 1.82) is 0 Å². The number of carbonyl (C=O) groups is 2. The number of ether oxygens (including phenoxy) is 2. The van der Waals surface area contributed by atoms with Crippen molar-refractivity contribution < 1.29 is 19.1 Å². The molecule has 3 N–H and O–H groups in total. The maximum absolute atomic E-state index is 11.6. The van der Waals surface area contributed by atoms with Crippen LogP contribution >= 0.6 is 25.3 Å². The van der Waals surface area contributed by atoms with Crippen LogP contribution in [0.4, 0.5) is 0 Å². The predicted octanol–water partition coefficient (Wildman–Crippen LogP) is -0.0654. The van der Waals surface area contributed by atoms with Crippen LogP contribution in [0.2, 0.25) is 0 Å². The monoisotopic (exact) mass is 296 g/mol. The van der Waals surface area contributed by atoms with Gasteiger partial charge in [0.05, 0.1) is 6.42 Å². The highest BCUT2D eigenvalue weighted by Crippen LogP contribution is 2.01. The Kier molecular flexibility index (Phi) is 11.4. The van der Waals surface area contributed by atoms with Crippen molar-refractivity contribution >= 4 is 37.2 Å². The molecule has 1 unspecified atom stereocenters. The zero-order valence-electron chi connectivity index (χ0n) is 10.1. The van der Waals surface area contributed by atoms with Gasteiger partial charge in [0.1, 0.15) is 17.9 Å². The number of nitrogens with two attached hydrogens (primary N) is 1. The summed E-state index contributed by atoms with van der Waals surface area (Å²) in [4.78, 5) is 22.9. The standard InChI is InChI=1S/C10H20N2O4S2/c11-3-1-2-4-12-8(10(14)16-7-18)5-9(13)15-6-17/h8,12,17-18H,1-7,11H2. The lowest BCUT2D eigenvalue weighted by Gasteiger charge is -2.16. The Labute approximate surface area is 118 Å². The Hall–Kier alpha value is -0.440. The lowest BCUT2D eigenvalue weighted by Crippen LogP contribution is -2.40. The number of esters is 2. The van der Waals surface area contributed by atoms with Crippen molar-refractivity contribution in [2.45, 2.75) is 25.3 Å². The molecule has 0 aromatic carbocycles.